The maximum Gasteiger partial charge on any atom is 0.321 e. The van der Waals surface area contributed by atoms with Gasteiger partial charge in [-0.3, -0.25) is 0 Å². The molecule has 1 atom stereocenters. The van der Waals surface area contributed by atoms with Crippen molar-refractivity contribution in [3.8, 4) is 5.75 Å². The molecule has 0 aliphatic heterocycles. The molecule has 0 bridgehead atoms. The van der Waals surface area contributed by atoms with Crippen LogP contribution in [0.1, 0.15) is 5.56 Å². The smallest absolute Gasteiger partial charge is 0.321 e. The van der Waals surface area contributed by atoms with Gasteiger partial charge in [-0.1, -0.05) is 30.3 Å². The van der Waals surface area contributed by atoms with Crippen LogP contribution in [0.5, 0.6) is 5.75 Å². The summed E-state index contributed by atoms with van der Waals surface area (Å²) < 4.78 is 0. The van der Waals surface area contributed by atoms with Crippen LogP contribution in [0.15, 0.2) is 54.6 Å². The number of para-hydroxylation sites is 1. The van der Waals surface area contributed by atoms with E-state index in [2.05, 4.69) is 10.6 Å². The molecular weight excluding hydrogens is 318 g/mol. The molecule has 0 fully saturated rings. The molecule has 0 aliphatic carbocycles. The molecule has 2 amide bonds. The Kier molecular flexibility index (Phi) is 7.25. The minimum Gasteiger partial charge on any atom is -0.508 e. The lowest BCUT2D eigenvalue weighted by molar-refractivity contribution is 0.170. The maximum atomic E-state index is 12.0. The molecule has 0 aliphatic rings. The first-order chi connectivity index (χ1) is 12.0. The molecule has 6 nitrogen and oxygen atoms in total. The first-order valence-corrected chi connectivity index (χ1v) is 8.28. The second kappa shape index (κ2) is 9.66. The highest BCUT2D eigenvalue weighted by Crippen LogP contribution is 2.11. The van der Waals surface area contributed by atoms with E-state index in [4.69, 9.17) is 0 Å². The number of hydrogen-bond acceptors (Lipinski definition) is 4. The quantitative estimate of drug-likeness (QED) is 0.553. The van der Waals surface area contributed by atoms with Crippen LogP contribution in [-0.2, 0) is 6.42 Å². The molecule has 2 rings (SSSR count). The number of anilines is 1. The Bertz CT molecular complexity index is 647. The van der Waals surface area contributed by atoms with Crippen LogP contribution in [0.3, 0.4) is 0 Å². The summed E-state index contributed by atoms with van der Waals surface area (Å²) in [6.45, 7) is 1.56. The van der Waals surface area contributed by atoms with E-state index in [0.717, 1.165) is 11.3 Å². The van der Waals surface area contributed by atoms with E-state index < -0.39 is 6.10 Å². The number of hydrogen-bond donors (Lipinski definition) is 4. The Morgan fingerprint density at radius 2 is 1.80 bits per heavy atom. The number of likely N-dealkylation sites (N-methyl/N-ethyl adjacent to an activating group) is 1. The van der Waals surface area contributed by atoms with Crippen LogP contribution in [0, 0.1) is 0 Å². The van der Waals surface area contributed by atoms with Crippen molar-refractivity contribution >= 4 is 11.7 Å². The molecule has 0 saturated carbocycles. The van der Waals surface area contributed by atoms with Crippen molar-refractivity contribution in [1.82, 2.24) is 10.2 Å². The molecule has 2 aromatic carbocycles. The fraction of sp³-hybridized carbons (Fsp3) is 0.316. The van der Waals surface area contributed by atoms with Crippen molar-refractivity contribution in [2.75, 3.05) is 32.0 Å². The SMILES string of the molecule is CN(CCNCC(O)Cc1ccc(O)cc1)C(=O)Nc1ccccc1. The monoisotopic (exact) mass is 343 g/mol. The van der Waals surface area contributed by atoms with Crippen LogP contribution in [0.4, 0.5) is 10.5 Å². The molecule has 0 saturated heterocycles. The molecule has 2 aromatic rings. The first-order valence-electron chi connectivity index (χ1n) is 8.28. The number of urea groups is 1. The Hall–Kier alpha value is -2.57. The summed E-state index contributed by atoms with van der Waals surface area (Å²) in [5.74, 6) is 0.216. The van der Waals surface area contributed by atoms with Crippen LogP contribution in [0.25, 0.3) is 0 Å². The summed E-state index contributed by atoms with van der Waals surface area (Å²) in [6, 6.07) is 15.9. The zero-order valence-corrected chi connectivity index (χ0v) is 14.4. The summed E-state index contributed by atoms with van der Waals surface area (Å²) in [4.78, 5) is 13.6. The van der Waals surface area contributed by atoms with Crippen molar-refractivity contribution < 1.29 is 15.0 Å². The Morgan fingerprint density at radius 1 is 1.12 bits per heavy atom. The molecule has 0 spiro atoms. The molecule has 1 unspecified atom stereocenters. The molecule has 0 radical (unpaired) electrons. The van der Waals surface area contributed by atoms with Gasteiger partial charge in [0.25, 0.3) is 0 Å². The number of phenolic OH excluding ortho intramolecular Hbond substituents is 1. The lowest BCUT2D eigenvalue weighted by Crippen LogP contribution is -2.38. The van der Waals surface area contributed by atoms with Gasteiger partial charge in [-0.2, -0.15) is 0 Å². The number of carbonyl (C=O) groups is 1. The molecule has 6 heteroatoms. The highest BCUT2D eigenvalue weighted by Gasteiger charge is 2.09. The van der Waals surface area contributed by atoms with Gasteiger partial charge < -0.3 is 25.7 Å². The number of aliphatic hydroxyl groups excluding tert-OH is 1. The third-order valence-corrected chi connectivity index (χ3v) is 3.78. The third-order valence-electron chi connectivity index (χ3n) is 3.78. The lowest BCUT2D eigenvalue weighted by atomic mass is 10.1. The van der Waals surface area contributed by atoms with E-state index in [1.54, 1.807) is 36.2 Å². The van der Waals surface area contributed by atoms with E-state index >= 15 is 0 Å². The normalized spacial score (nSPS) is 11.8. The second-order valence-corrected chi connectivity index (χ2v) is 5.95. The maximum absolute atomic E-state index is 12.0. The van der Waals surface area contributed by atoms with Gasteiger partial charge in [0.2, 0.25) is 0 Å². The molecule has 134 valence electrons. The standard InChI is InChI=1S/C19H25N3O3/c1-22(19(25)21-16-5-3-2-4-6-16)12-11-20-14-18(24)13-15-7-9-17(23)10-8-15/h2-10,18,20,23-24H,11-14H2,1H3,(H,21,25). The van der Waals surface area contributed by atoms with Crippen LogP contribution < -0.4 is 10.6 Å². The summed E-state index contributed by atoms with van der Waals surface area (Å²) in [5.41, 5.74) is 1.73. The van der Waals surface area contributed by atoms with Gasteiger partial charge in [0.05, 0.1) is 6.10 Å². The number of aromatic hydroxyl groups is 1. The minimum absolute atomic E-state index is 0.169. The van der Waals surface area contributed by atoms with E-state index in [0.29, 0.717) is 26.1 Å². The predicted octanol–water partition coefficient (Wildman–Crippen LogP) is 2.05. The number of nitrogens with zero attached hydrogens (tertiary/aromatic N) is 1. The summed E-state index contributed by atoms with van der Waals surface area (Å²) in [5, 5.41) is 25.2. The summed E-state index contributed by atoms with van der Waals surface area (Å²) in [6.07, 6.45) is -0.00886. The Balaban J connectivity index is 1.62. The largest absolute Gasteiger partial charge is 0.508 e. The number of nitrogens with one attached hydrogen (secondary N) is 2. The fourth-order valence-electron chi connectivity index (χ4n) is 2.33. The predicted molar refractivity (Wildman–Crippen MR) is 98.8 cm³/mol. The van der Waals surface area contributed by atoms with Crippen molar-refractivity contribution in [2.45, 2.75) is 12.5 Å². The highest BCUT2D eigenvalue weighted by molar-refractivity contribution is 5.89. The average Bonchev–Trinajstić information content (AvgIpc) is 2.61. The van der Waals surface area contributed by atoms with Crippen LogP contribution in [0.2, 0.25) is 0 Å². The number of benzene rings is 2. The first kappa shape index (κ1) is 18.8. The number of rotatable bonds is 8. The van der Waals surface area contributed by atoms with Crippen molar-refractivity contribution in [3.63, 3.8) is 0 Å². The van der Waals surface area contributed by atoms with Crippen molar-refractivity contribution in [2.24, 2.45) is 0 Å². The highest BCUT2D eigenvalue weighted by atomic mass is 16.3. The van der Waals surface area contributed by atoms with E-state index in [1.165, 1.54) is 0 Å². The van der Waals surface area contributed by atoms with Crippen LogP contribution >= 0.6 is 0 Å². The molecular formula is C19H25N3O3. The topological polar surface area (TPSA) is 84.8 Å². The van der Waals surface area contributed by atoms with Gasteiger partial charge in [-0.15, -0.1) is 0 Å². The van der Waals surface area contributed by atoms with Crippen molar-refractivity contribution in [3.05, 3.63) is 60.2 Å². The average molecular weight is 343 g/mol. The number of aliphatic hydroxyl groups is 1. The third kappa shape index (κ3) is 6.82. The van der Waals surface area contributed by atoms with Gasteiger partial charge >= 0.3 is 6.03 Å². The second-order valence-electron chi connectivity index (χ2n) is 5.95. The van der Waals surface area contributed by atoms with E-state index in [1.807, 2.05) is 30.3 Å². The van der Waals surface area contributed by atoms with Gasteiger partial charge in [0.15, 0.2) is 0 Å². The number of carbonyl (C=O) groups excluding carboxylic acids is 1. The number of amides is 2. The Morgan fingerprint density at radius 3 is 2.48 bits per heavy atom. The van der Waals surface area contributed by atoms with Gasteiger partial charge in [0, 0.05) is 32.4 Å². The zero-order chi connectivity index (χ0) is 18.1. The lowest BCUT2D eigenvalue weighted by Gasteiger charge is -2.19. The summed E-state index contributed by atoms with van der Waals surface area (Å²) in [7, 11) is 1.73. The Labute approximate surface area is 148 Å². The number of phenols is 1. The zero-order valence-electron chi connectivity index (χ0n) is 14.4. The summed E-state index contributed by atoms with van der Waals surface area (Å²) >= 11 is 0. The van der Waals surface area contributed by atoms with E-state index in [9.17, 15) is 15.0 Å². The molecule has 0 heterocycles. The van der Waals surface area contributed by atoms with Crippen LogP contribution in [-0.4, -0.2) is 53.9 Å². The van der Waals surface area contributed by atoms with Gasteiger partial charge in [-0.25, -0.2) is 4.79 Å². The van der Waals surface area contributed by atoms with Gasteiger partial charge in [0.1, 0.15) is 5.75 Å². The molecule has 0 aromatic heterocycles. The fourth-order valence-corrected chi connectivity index (χ4v) is 2.33. The molecule has 25 heavy (non-hydrogen) atoms. The van der Waals surface area contributed by atoms with E-state index in [-0.39, 0.29) is 11.8 Å². The minimum atomic E-state index is -0.520. The molecule has 4 N–H and O–H groups in total. The van der Waals surface area contributed by atoms with Gasteiger partial charge in [-0.05, 0) is 36.2 Å². The van der Waals surface area contributed by atoms with Crippen molar-refractivity contribution in [1.29, 1.82) is 0 Å².